The molecule has 0 N–H and O–H groups in total. The Morgan fingerprint density at radius 3 is 1.81 bits per heavy atom. The SMILES string of the molecule is CCC[CH2][Sn]([CH2]CCC)[c]1ccccc1.[Li]. The molecule has 2 radical (unpaired) electrons. The summed E-state index contributed by atoms with van der Waals surface area (Å²) < 4.78 is 4.85. The van der Waals surface area contributed by atoms with E-state index in [0.29, 0.717) is 0 Å². The molecule has 0 nitrogen and oxygen atoms in total. The maximum atomic E-state index is 2.38. The summed E-state index contributed by atoms with van der Waals surface area (Å²) in [6.45, 7) is 4.62. The van der Waals surface area contributed by atoms with E-state index in [-0.39, 0.29) is 18.9 Å². The van der Waals surface area contributed by atoms with Crippen LogP contribution in [-0.4, -0.2) is 38.6 Å². The summed E-state index contributed by atoms with van der Waals surface area (Å²) in [5.41, 5.74) is 0. The van der Waals surface area contributed by atoms with Crippen LogP contribution < -0.4 is 3.58 Å². The molecule has 0 heterocycles. The molecule has 0 aromatic heterocycles. The van der Waals surface area contributed by atoms with E-state index in [1.807, 2.05) is 0 Å². The monoisotopic (exact) mass is 318 g/mol. The first-order valence-electron chi connectivity index (χ1n) is 6.28. The van der Waals surface area contributed by atoms with Crippen LogP contribution in [0.2, 0.25) is 8.87 Å². The van der Waals surface area contributed by atoms with Crippen LogP contribution in [0.5, 0.6) is 0 Å². The number of hydrogen-bond acceptors (Lipinski definition) is 0. The Hall–Kier alpha value is 0.616. The summed E-state index contributed by atoms with van der Waals surface area (Å²) >= 11 is -1.22. The van der Waals surface area contributed by atoms with Gasteiger partial charge in [0.15, 0.2) is 0 Å². The minimum absolute atomic E-state index is 0. The molecule has 0 aliphatic carbocycles. The van der Waals surface area contributed by atoms with E-state index in [4.69, 9.17) is 0 Å². The average Bonchev–Trinajstić information content (AvgIpc) is 2.30. The molecule has 0 saturated heterocycles. The molecule has 84 valence electrons. The molecule has 16 heavy (non-hydrogen) atoms. The van der Waals surface area contributed by atoms with Crippen molar-refractivity contribution >= 4 is 42.2 Å². The summed E-state index contributed by atoms with van der Waals surface area (Å²) in [6, 6.07) is 11.3. The molecule has 2 heteroatoms. The summed E-state index contributed by atoms with van der Waals surface area (Å²) in [4.78, 5) is 0. The summed E-state index contributed by atoms with van der Waals surface area (Å²) in [5, 5.41) is 0. The first-order chi connectivity index (χ1) is 7.38. The first kappa shape index (κ1) is 16.6. The van der Waals surface area contributed by atoms with Crippen LogP contribution >= 0.6 is 0 Å². The molecular formula is C14H23LiSn. The Bertz CT molecular complexity index is 240. The molecular weight excluding hydrogens is 294 g/mol. The maximum absolute atomic E-state index is 2.38. The van der Waals surface area contributed by atoms with Gasteiger partial charge in [-0.15, -0.1) is 0 Å². The van der Waals surface area contributed by atoms with Crippen molar-refractivity contribution in [3.63, 3.8) is 0 Å². The van der Waals surface area contributed by atoms with E-state index in [2.05, 4.69) is 44.2 Å². The molecule has 0 spiro atoms. The van der Waals surface area contributed by atoms with Gasteiger partial charge in [-0.2, -0.15) is 0 Å². The van der Waals surface area contributed by atoms with Gasteiger partial charge in [-0.25, -0.2) is 0 Å². The fourth-order valence-corrected chi connectivity index (χ4v) is 10.6. The van der Waals surface area contributed by atoms with Gasteiger partial charge in [0.25, 0.3) is 0 Å². The predicted molar refractivity (Wildman–Crippen MR) is 77.0 cm³/mol. The van der Waals surface area contributed by atoms with E-state index >= 15 is 0 Å². The van der Waals surface area contributed by atoms with Crippen molar-refractivity contribution in [1.29, 1.82) is 0 Å². The van der Waals surface area contributed by atoms with Gasteiger partial charge >= 0.3 is 102 Å². The fourth-order valence-electron chi connectivity index (χ4n) is 1.87. The minimum atomic E-state index is -1.22. The normalized spacial score (nSPS) is 10.2. The largest absolute Gasteiger partial charge is 0 e. The molecule has 0 aliphatic rings. The van der Waals surface area contributed by atoms with Gasteiger partial charge in [0.05, 0.1) is 0 Å². The smallest absolute Gasteiger partial charge is 0 e. The van der Waals surface area contributed by atoms with E-state index in [1.54, 1.807) is 12.5 Å². The van der Waals surface area contributed by atoms with Gasteiger partial charge in [-0.05, 0) is 0 Å². The van der Waals surface area contributed by atoms with Crippen molar-refractivity contribution < 1.29 is 0 Å². The summed E-state index contributed by atoms with van der Waals surface area (Å²) in [5.74, 6) is 0. The second-order valence-corrected chi connectivity index (χ2v) is 12.1. The van der Waals surface area contributed by atoms with Gasteiger partial charge in [0.1, 0.15) is 0 Å². The molecule has 0 unspecified atom stereocenters. The Balaban J connectivity index is 0.00000225. The number of rotatable bonds is 7. The Labute approximate surface area is 120 Å². The summed E-state index contributed by atoms with van der Waals surface area (Å²) in [7, 11) is 0. The number of unbranched alkanes of at least 4 members (excludes halogenated alkanes) is 2. The van der Waals surface area contributed by atoms with Crippen LogP contribution in [0.15, 0.2) is 30.3 Å². The van der Waals surface area contributed by atoms with Crippen molar-refractivity contribution in [1.82, 2.24) is 0 Å². The van der Waals surface area contributed by atoms with Crippen molar-refractivity contribution in [2.45, 2.75) is 48.4 Å². The molecule has 0 saturated carbocycles. The maximum Gasteiger partial charge on any atom is 0 e. The predicted octanol–water partition coefficient (Wildman–Crippen LogP) is 3.61. The van der Waals surface area contributed by atoms with Crippen molar-refractivity contribution in [3.8, 4) is 0 Å². The Morgan fingerprint density at radius 2 is 1.38 bits per heavy atom. The molecule has 1 aromatic rings. The zero-order valence-electron chi connectivity index (χ0n) is 11.1. The van der Waals surface area contributed by atoms with E-state index < -0.39 is 19.8 Å². The van der Waals surface area contributed by atoms with Crippen molar-refractivity contribution in [2.24, 2.45) is 0 Å². The zero-order valence-corrected chi connectivity index (χ0v) is 14.0. The molecule has 1 rings (SSSR count). The second kappa shape index (κ2) is 10.8. The van der Waals surface area contributed by atoms with Crippen LogP contribution in [0.25, 0.3) is 0 Å². The van der Waals surface area contributed by atoms with Crippen LogP contribution in [0.4, 0.5) is 0 Å². The average molecular weight is 317 g/mol. The van der Waals surface area contributed by atoms with Crippen molar-refractivity contribution in [3.05, 3.63) is 30.3 Å². The molecule has 0 amide bonds. The van der Waals surface area contributed by atoms with Crippen LogP contribution in [-0.2, 0) is 0 Å². The van der Waals surface area contributed by atoms with Gasteiger partial charge in [0, 0.05) is 18.9 Å². The van der Waals surface area contributed by atoms with Gasteiger partial charge in [-0.1, -0.05) is 0 Å². The molecule has 1 aromatic carbocycles. The van der Waals surface area contributed by atoms with Crippen LogP contribution in [0.1, 0.15) is 39.5 Å². The second-order valence-electron chi connectivity index (χ2n) is 4.18. The topological polar surface area (TPSA) is 0 Å². The van der Waals surface area contributed by atoms with Crippen LogP contribution in [0, 0.1) is 0 Å². The minimum Gasteiger partial charge on any atom is 0 e. The number of benzene rings is 1. The van der Waals surface area contributed by atoms with Crippen molar-refractivity contribution in [2.75, 3.05) is 0 Å². The quantitative estimate of drug-likeness (QED) is 0.674. The molecule has 0 aliphatic heterocycles. The van der Waals surface area contributed by atoms with Gasteiger partial charge in [0.2, 0.25) is 0 Å². The molecule has 0 fully saturated rings. The Kier molecular flexibility index (Phi) is 11.2. The third kappa shape index (κ3) is 6.38. The Morgan fingerprint density at radius 1 is 0.875 bits per heavy atom. The fraction of sp³-hybridized carbons (Fsp3) is 0.571. The molecule has 0 bridgehead atoms. The third-order valence-corrected chi connectivity index (χ3v) is 11.6. The summed E-state index contributed by atoms with van der Waals surface area (Å²) in [6.07, 6.45) is 5.63. The van der Waals surface area contributed by atoms with E-state index in [0.717, 1.165) is 0 Å². The van der Waals surface area contributed by atoms with Gasteiger partial charge in [-0.3, -0.25) is 0 Å². The van der Waals surface area contributed by atoms with Crippen LogP contribution in [0.3, 0.4) is 0 Å². The van der Waals surface area contributed by atoms with E-state index in [1.165, 1.54) is 25.7 Å². The van der Waals surface area contributed by atoms with E-state index in [9.17, 15) is 0 Å². The zero-order chi connectivity index (χ0) is 10.9. The standard InChI is InChI=1S/C6H5.2C4H9.Li.Sn/c1-2-4-6-5-3-1;2*1-3-4-2;;/h1-5H;2*1,3-4H2,2H3;;. The third-order valence-electron chi connectivity index (χ3n) is 2.85. The first-order valence-corrected chi connectivity index (χ1v) is 11.7. The molecule has 0 atom stereocenters. The number of hydrogen-bond donors (Lipinski definition) is 0. The van der Waals surface area contributed by atoms with Gasteiger partial charge < -0.3 is 0 Å².